The summed E-state index contributed by atoms with van der Waals surface area (Å²) in [6, 6.07) is 4.03. The second kappa shape index (κ2) is 6.38. The van der Waals surface area contributed by atoms with E-state index in [9.17, 15) is 0 Å². The van der Waals surface area contributed by atoms with Gasteiger partial charge in [0, 0.05) is 18.2 Å². The molecule has 0 saturated carbocycles. The van der Waals surface area contributed by atoms with E-state index in [0.717, 1.165) is 12.1 Å². The van der Waals surface area contributed by atoms with E-state index in [1.807, 2.05) is 6.07 Å². The Morgan fingerprint density at radius 2 is 1.67 bits per heavy atom. The van der Waals surface area contributed by atoms with Crippen LogP contribution < -0.4 is 20.5 Å². The van der Waals surface area contributed by atoms with Gasteiger partial charge in [-0.25, -0.2) is 0 Å². The van der Waals surface area contributed by atoms with Crippen molar-refractivity contribution < 1.29 is 9.47 Å². The molecule has 0 bridgehead atoms. The molecule has 0 fully saturated rings. The summed E-state index contributed by atoms with van der Waals surface area (Å²) in [5, 5.41) is 3.41. The predicted octanol–water partition coefficient (Wildman–Crippen LogP) is 3.13. The molecule has 0 aliphatic heterocycles. The number of nitrogens with two attached hydrogens (primary N) is 1. The molecule has 0 aliphatic rings. The first-order chi connectivity index (χ1) is 8.47. The van der Waals surface area contributed by atoms with Crippen LogP contribution in [0, 0.1) is 5.92 Å². The summed E-state index contributed by atoms with van der Waals surface area (Å²) < 4.78 is 10.5. The molecule has 3 N–H and O–H groups in total. The van der Waals surface area contributed by atoms with Crippen LogP contribution in [0.1, 0.15) is 27.2 Å². The summed E-state index contributed by atoms with van der Waals surface area (Å²) in [6.07, 6.45) is 1.09. The molecule has 1 aromatic rings. The molecule has 0 amide bonds. The highest BCUT2D eigenvalue weighted by Crippen LogP contribution is 2.35. The lowest BCUT2D eigenvalue weighted by Gasteiger charge is -2.20. The van der Waals surface area contributed by atoms with Crippen molar-refractivity contribution in [3.05, 3.63) is 12.1 Å². The standard InChI is InChI=1S/C14H24N2O2/c1-9(2)6-10(3)16-12-8-14(18-5)13(17-4)7-11(12)15/h7-10,16H,6,15H2,1-5H3. The van der Waals surface area contributed by atoms with E-state index in [1.54, 1.807) is 20.3 Å². The summed E-state index contributed by atoms with van der Waals surface area (Å²) in [5.74, 6) is 1.98. The van der Waals surface area contributed by atoms with Crippen LogP contribution >= 0.6 is 0 Å². The molecule has 1 unspecified atom stereocenters. The number of benzene rings is 1. The van der Waals surface area contributed by atoms with Gasteiger partial charge in [-0.05, 0) is 19.3 Å². The van der Waals surface area contributed by atoms with Crippen LogP contribution in [0.3, 0.4) is 0 Å². The third kappa shape index (κ3) is 3.72. The van der Waals surface area contributed by atoms with Crippen LogP contribution in [0.2, 0.25) is 0 Å². The summed E-state index contributed by atoms with van der Waals surface area (Å²) in [6.45, 7) is 6.56. The quantitative estimate of drug-likeness (QED) is 0.764. The Kier molecular flexibility index (Phi) is 5.13. The molecule has 0 aliphatic carbocycles. The molecule has 1 aromatic carbocycles. The summed E-state index contributed by atoms with van der Waals surface area (Å²) >= 11 is 0. The summed E-state index contributed by atoms with van der Waals surface area (Å²) in [7, 11) is 3.22. The zero-order chi connectivity index (χ0) is 13.7. The molecule has 1 atom stereocenters. The maximum Gasteiger partial charge on any atom is 0.162 e. The Balaban J connectivity index is 2.89. The van der Waals surface area contributed by atoms with E-state index < -0.39 is 0 Å². The number of methoxy groups -OCH3 is 2. The Morgan fingerprint density at radius 3 is 2.17 bits per heavy atom. The van der Waals surface area contributed by atoms with Gasteiger partial charge in [-0.2, -0.15) is 0 Å². The predicted molar refractivity (Wildman–Crippen MR) is 76.5 cm³/mol. The average Bonchev–Trinajstić information content (AvgIpc) is 2.30. The Bertz CT molecular complexity index is 392. The highest BCUT2D eigenvalue weighted by atomic mass is 16.5. The fraction of sp³-hybridized carbons (Fsp3) is 0.571. The lowest BCUT2D eigenvalue weighted by Crippen LogP contribution is -2.18. The van der Waals surface area contributed by atoms with Crippen LogP contribution in [-0.2, 0) is 0 Å². The number of ether oxygens (including phenoxy) is 2. The van der Waals surface area contributed by atoms with Crippen LogP contribution in [0.4, 0.5) is 11.4 Å². The van der Waals surface area contributed by atoms with E-state index in [1.165, 1.54) is 0 Å². The molecule has 0 saturated heterocycles. The fourth-order valence-electron chi connectivity index (χ4n) is 2.05. The first-order valence-electron chi connectivity index (χ1n) is 6.26. The van der Waals surface area contributed by atoms with Crippen LogP contribution in [-0.4, -0.2) is 20.3 Å². The highest BCUT2D eigenvalue weighted by molar-refractivity contribution is 5.72. The Morgan fingerprint density at radius 1 is 1.11 bits per heavy atom. The molecular formula is C14H24N2O2. The minimum absolute atomic E-state index is 0.366. The van der Waals surface area contributed by atoms with Gasteiger partial charge in [0.15, 0.2) is 11.5 Å². The monoisotopic (exact) mass is 252 g/mol. The Labute approximate surface area is 109 Å². The van der Waals surface area contributed by atoms with Crippen LogP contribution in [0.25, 0.3) is 0 Å². The SMILES string of the molecule is COc1cc(N)c(NC(C)CC(C)C)cc1OC. The van der Waals surface area contributed by atoms with E-state index in [-0.39, 0.29) is 0 Å². The van der Waals surface area contributed by atoms with Crippen LogP contribution in [0.5, 0.6) is 11.5 Å². The third-order valence-corrected chi connectivity index (χ3v) is 2.78. The minimum atomic E-state index is 0.366. The van der Waals surface area contributed by atoms with Crippen molar-refractivity contribution in [3.63, 3.8) is 0 Å². The molecule has 4 nitrogen and oxygen atoms in total. The van der Waals surface area contributed by atoms with Crippen molar-refractivity contribution >= 4 is 11.4 Å². The van der Waals surface area contributed by atoms with Gasteiger partial charge in [-0.15, -0.1) is 0 Å². The molecule has 0 spiro atoms. The van der Waals surface area contributed by atoms with E-state index in [0.29, 0.717) is 29.1 Å². The molecule has 18 heavy (non-hydrogen) atoms. The number of rotatable bonds is 6. The van der Waals surface area contributed by atoms with Gasteiger partial charge in [0.2, 0.25) is 0 Å². The first-order valence-corrected chi connectivity index (χ1v) is 6.26. The smallest absolute Gasteiger partial charge is 0.162 e. The van der Waals surface area contributed by atoms with Crippen molar-refractivity contribution in [2.75, 3.05) is 25.3 Å². The van der Waals surface area contributed by atoms with Crippen LogP contribution in [0.15, 0.2) is 12.1 Å². The van der Waals surface area contributed by atoms with Crippen molar-refractivity contribution in [2.24, 2.45) is 5.92 Å². The lowest BCUT2D eigenvalue weighted by molar-refractivity contribution is 0.355. The van der Waals surface area contributed by atoms with Gasteiger partial charge in [-0.3, -0.25) is 0 Å². The third-order valence-electron chi connectivity index (χ3n) is 2.78. The molecule has 0 heterocycles. The van der Waals surface area contributed by atoms with Crippen molar-refractivity contribution in [1.29, 1.82) is 0 Å². The first kappa shape index (κ1) is 14.5. The fourth-order valence-corrected chi connectivity index (χ4v) is 2.05. The molecule has 0 radical (unpaired) electrons. The molecular weight excluding hydrogens is 228 g/mol. The average molecular weight is 252 g/mol. The van der Waals surface area contributed by atoms with Gasteiger partial charge < -0.3 is 20.5 Å². The second-order valence-corrected chi connectivity index (χ2v) is 4.97. The zero-order valence-corrected chi connectivity index (χ0v) is 11.9. The van der Waals surface area contributed by atoms with Gasteiger partial charge in [0.1, 0.15) is 0 Å². The number of anilines is 2. The van der Waals surface area contributed by atoms with E-state index >= 15 is 0 Å². The highest BCUT2D eigenvalue weighted by Gasteiger charge is 2.11. The normalized spacial score (nSPS) is 12.3. The van der Waals surface area contributed by atoms with Crippen molar-refractivity contribution in [2.45, 2.75) is 33.2 Å². The maximum atomic E-state index is 6.00. The topological polar surface area (TPSA) is 56.5 Å². The summed E-state index contributed by atoms with van der Waals surface area (Å²) in [4.78, 5) is 0. The van der Waals surface area contributed by atoms with E-state index in [2.05, 4.69) is 26.1 Å². The number of nitrogens with one attached hydrogen (secondary N) is 1. The Hall–Kier alpha value is -1.58. The second-order valence-electron chi connectivity index (χ2n) is 4.97. The lowest BCUT2D eigenvalue weighted by atomic mass is 10.0. The largest absolute Gasteiger partial charge is 0.493 e. The van der Waals surface area contributed by atoms with Crippen molar-refractivity contribution in [1.82, 2.24) is 0 Å². The minimum Gasteiger partial charge on any atom is -0.493 e. The molecule has 102 valence electrons. The number of nitrogen functional groups attached to an aromatic ring is 1. The van der Waals surface area contributed by atoms with E-state index in [4.69, 9.17) is 15.2 Å². The van der Waals surface area contributed by atoms with Crippen molar-refractivity contribution in [3.8, 4) is 11.5 Å². The summed E-state index contributed by atoms with van der Waals surface area (Å²) in [5.41, 5.74) is 7.56. The van der Waals surface area contributed by atoms with Gasteiger partial charge in [0.05, 0.1) is 25.6 Å². The maximum absolute atomic E-state index is 6.00. The van der Waals surface area contributed by atoms with Gasteiger partial charge in [-0.1, -0.05) is 13.8 Å². The molecule has 1 rings (SSSR count). The number of hydrogen-bond acceptors (Lipinski definition) is 4. The zero-order valence-electron chi connectivity index (χ0n) is 11.9. The molecule has 4 heteroatoms. The molecule has 0 aromatic heterocycles. The van der Waals surface area contributed by atoms with Gasteiger partial charge in [0.25, 0.3) is 0 Å². The number of hydrogen-bond donors (Lipinski definition) is 2. The van der Waals surface area contributed by atoms with Gasteiger partial charge >= 0.3 is 0 Å².